The fourth-order valence-corrected chi connectivity index (χ4v) is 1.42. The highest BCUT2D eigenvalue weighted by Crippen LogP contribution is 2.31. The molecular weight excluding hydrogens is 247 g/mol. The predicted molar refractivity (Wildman–Crippen MR) is 52.4 cm³/mol. The fourth-order valence-electron chi connectivity index (χ4n) is 1.19. The Balaban J connectivity index is 3.17. The second kappa shape index (κ2) is 4.29. The van der Waals surface area contributed by atoms with Gasteiger partial charge in [-0.3, -0.25) is 10.1 Å². The van der Waals surface area contributed by atoms with Crippen LogP contribution in [0.5, 0.6) is 0 Å². The van der Waals surface area contributed by atoms with Crippen molar-refractivity contribution in [3.8, 4) is 0 Å². The Morgan fingerprint density at radius 3 is 2.50 bits per heavy atom. The number of alkyl halides is 2. The van der Waals surface area contributed by atoms with Crippen LogP contribution in [0.25, 0.3) is 0 Å². The summed E-state index contributed by atoms with van der Waals surface area (Å²) in [6.07, 6.45) is -0.763. The highest BCUT2D eigenvalue weighted by Gasteiger charge is 2.26. The summed E-state index contributed by atoms with van der Waals surface area (Å²) in [5.74, 6) is -4.33. The van der Waals surface area contributed by atoms with Gasteiger partial charge in [-0.1, -0.05) is 17.7 Å². The smallest absolute Gasteiger partial charge is 0.258 e. The van der Waals surface area contributed by atoms with Gasteiger partial charge in [-0.15, -0.1) is 0 Å². The lowest BCUT2D eigenvalue weighted by molar-refractivity contribution is -0.387. The van der Waals surface area contributed by atoms with Gasteiger partial charge in [0.2, 0.25) is 11.7 Å². The van der Waals surface area contributed by atoms with E-state index < -0.39 is 33.8 Å². The van der Waals surface area contributed by atoms with Gasteiger partial charge in [-0.25, -0.2) is 8.78 Å². The monoisotopic (exact) mass is 253 g/mol. The second-order valence-corrected chi connectivity index (χ2v) is 3.75. The maximum absolute atomic E-state index is 13.3. The van der Waals surface area contributed by atoms with Gasteiger partial charge in [0.1, 0.15) is 0 Å². The molecule has 1 aromatic carbocycles. The zero-order valence-corrected chi connectivity index (χ0v) is 8.89. The minimum atomic E-state index is -3.05. The van der Waals surface area contributed by atoms with Crippen molar-refractivity contribution in [1.82, 2.24) is 0 Å². The van der Waals surface area contributed by atoms with Gasteiger partial charge in [0.25, 0.3) is 0 Å². The van der Waals surface area contributed by atoms with Gasteiger partial charge >= 0.3 is 5.69 Å². The van der Waals surface area contributed by atoms with Gasteiger partial charge in [-0.05, 0) is 12.5 Å². The standard InChI is InChI=1S/C9H7ClF3NO2/c1-9(12,13)4-5-2-3-6(14(15)16)8(11)7(5)10/h2-3H,4H2,1H3. The third-order valence-corrected chi connectivity index (χ3v) is 2.25. The van der Waals surface area contributed by atoms with Crippen molar-refractivity contribution in [3.63, 3.8) is 0 Å². The molecule has 7 heteroatoms. The number of hydrogen-bond donors (Lipinski definition) is 0. The van der Waals surface area contributed by atoms with E-state index in [0.29, 0.717) is 6.92 Å². The van der Waals surface area contributed by atoms with E-state index in [1.807, 2.05) is 0 Å². The van der Waals surface area contributed by atoms with Crippen molar-refractivity contribution in [2.24, 2.45) is 0 Å². The molecule has 0 radical (unpaired) electrons. The van der Waals surface area contributed by atoms with Crippen molar-refractivity contribution < 1.29 is 18.1 Å². The van der Waals surface area contributed by atoms with Gasteiger partial charge < -0.3 is 0 Å². The van der Waals surface area contributed by atoms with Gasteiger partial charge in [0, 0.05) is 12.5 Å². The number of halogens is 4. The van der Waals surface area contributed by atoms with E-state index >= 15 is 0 Å². The van der Waals surface area contributed by atoms with E-state index in [4.69, 9.17) is 11.6 Å². The summed E-state index contributed by atoms with van der Waals surface area (Å²) in [7, 11) is 0. The average Bonchev–Trinajstić information content (AvgIpc) is 2.10. The Hall–Kier alpha value is -1.30. The predicted octanol–water partition coefficient (Wildman–Crippen LogP) is 3.59. The lowest BCUT2D eigenvalue weighted by Gasteiger charge is -2.11. The van der Waals surface area contributed by atoms with Gasteiger partial charge in [0.05, 0.1) is 9.95 Å². The molecule has 1 rings (SSSR count). The summed E-state index contributed by atoms with van der Waals surface area (Å²) in [5.41, 5.74) is -0.981. The number of benzene rings is 1. The molecule has 16 heavy (non-hydrogen) atoms. The molecule has 3 nitrogen and oxygen atoms in total. The van der Waals surface area contributed by atoms with Crippen LogP contribution in [0.1, 0.15) is 12.5 Å². The molecule has 1 aromatic rings. The largest absolute Gasteiger partial charge is 0.306 e. The second-order valence-electron chi connectivity index (χ2n) is 3.38. The number of rotatable bonds is 3. The molecule has 0 heterocycles. The van der Waals surface area contributed by atoms with Gasteiger partial charge in [-0.2, -0.15) is 4.39 Å². The molecule has 0 amide bonds. The minimum Gasteiger partial charge on any atom is -0.258 e. The Morgan fingerprint density at radius 2 is 2.06 bits per heavy atom. The van der Waals surface area contributed by atoms with Gasteiger partial charge in [0.15, 0.2) is 0 Å². The number of nitro groups is 1. The molecule has 0 aliphatic carbocycles. The number of hydrogen-bond acceptors (Lipinski definition) is 2. The third-order valence-electron chi connectivity index (χ3n) is 1.84. The molecule has 0 bridgehead atoms. The van der Waals surface area contributed by atoms with Crippen LogP contribution in [0.4, 0.5) is 18.9 Å². The first kappa shape index (κ1) is 12.8. The molecule has 0 aliphatic rings. The molecule has 0 atom stereocenters. The minimum absolute atomic E-state index is 0.155. The van der Waals surface area contributed by atoms with E-state index in [-0.39, 0.29) is 5.56 Å². The summed E-state index contributed by atoms with van der Waals surface area (Å²) >= 11 is 5.44. The molecule has 0 saturated heterocycles. The Labute approximate surface area is 94.0 Å². The summed E-state index contributed by atoms with van der Waals surface area (Å²) in [4.78, 5) is 9.37. The molecule has 0 spiro atoms. The molecule has 0 fully saturated rings. The van der Waals surface area contributed by atoms with E-state index in [2.05, 4.69) is 0 Å². The summed E-state index contributed by atoms with van der Waals surface area (Å²) < 4.78 is 38.6. The molecular formula is C9H7ClF3NO2. The zero-order valence-electron chi connectivity index (χ0n) is 8.14. The van der Waals surface area contributed by atoms with Crippen molar-refractivity contribution >= 4 is 17.3 Å². The van der Waals surface area contributed by atoms with Crippen LogP contribution in [0.2, 0.25) is 5.02 Å². The van der Waals surface area contributed by atoms with Crippen LogP contribution in [-0.2, 0) is 6.42 Å². The Bertz CT molecular complexity index is 431. The summed E-state index contributed by atoms with van der Waals surface area (Å²) in [6.45, 7) is 0.655. The fraction of sp³-hybridized carbons (Fsp3) is 0.333. The SMILES string of the molecule is CC(F)(F)Cc1ccc([N+](=O)[O-])c(F)c1Cl. The van der Waals surface area contributed by atoms with E-state index in [0.717, 1.165) is 12.1 Å². The van der Waals surface area contributed by atoms with E-state index in [1.54, 1.807) is 0 Å². The molecule has 0 N–H and O–H groups in total. The quantitative estimate of drug-likeness (QED) is 0.610. The first-order valence-electron chi connectivity index (χ1n) is 4.21. The maximum atomic E-state index is 13.3. The Morgan fingerprint density at radius 1 is 1.50 bits per heavy atom. The van der Waals surface area contributed by atoms with Crippen LogP contribution in [0.15, 0.2) is 12.1 Å². The van der Waals surface area contributed by atoms with E-state index in [9.17, 15) is 23.3 Å². The first-order valence-corrected chi connectivity index (χ1v) is 4.59. The molecule has 88 valence electrons. The zero-order chi connectivity index (χ0) is 12.5. The summed E-state index contributed by atoms with van der Waals surface area (Å²) in [6, 6.07) is 1.85. The molecule has 0 saturated carbocycles. The first-order chi connectivity index (χ1) is 7.22. The van der Waals surface area contributed by atoms with Crippen LogP contribution in [0.3, 0.4) is 0 Å². The molecule has 0 aromatic heterocycles. The van der Waals surface area contributed by atoms with Crippen molar-refractivity contribution in [3.05, 3.63) is 38.7 Å². The van der Waals surface area contributed by atoms with Crippen LogP contribution in [0, 0.1) is 15.9 Å². The van der Waals surface area contributed by atoms with Crippen molar-refractivity contribution in [1.29, 1.82) is 0 Å². The Kier molecular flexibility index (Phi) is 3.42. The van der Waals surface area contributed by atoms with Crippen LogP contribution < -0.4 is 0 Å². The van der Waals surface area contributed by atoms with Crippen LogP contribution in [-0.4, -0.2) is 10.8 Å². The average molecular weight is 254 g/mol. The number of nitro benzene ring substituents is 1. The number of nitrogens with zero attached hydrogens (tertiary/aromatic N) is 1. The van der Waals surface area contributed by atoms with Crippen molar-refractivity contribution in [2.75, 3.05) is 0 Å². The lowest BCUT2D eigenvalue weighted by Crippen LogP contribution is -2.14. The van der Waals surface area contributed by atoms with Crippen molar-refractivity contribution in [2.45, 2.75) is 19.3 Å². The summed E-state index contributed by atoms with van der Waals surface area (Å²) in [5, 5.41) is 9.70. The van der Waals surface area contributed by atoms with E-state index in [1.165, 1.54) is 0 Å². The highest BCUT2D eigenvalue weighted by molar-refractivity contribution is 6.31. The third kappa shape index (κ3) is 2.85. The lowest BCUT2D eigenvalue weighted by atomic mass is 10.1. The van der Waals surface area contributed by atoms with Crippen LogP contribution >= 0.6 is 11.6 Å². The topological polar surface area (TPSA) is 43.1 Å². The highest BCUT2D eigenvalue weighted by atomic mass is 35.5. The normalized spacial score (nSPS) is 11.6. The molecule has 0 unspecified atom stereocenters. The molecule has 0 aliphatic heterocycles. The maximum Gasteiger partial charge on any atom is 0.306 e.